The third kappa shape index (κ3) is 2.73. The van der Waals surface area contributed by atoms with Crippen molar-refractivity contribution in [2.75, 3.05) is 4.90 Å². The van der Waals surface area contributed by atoms with Crippen molar-refractivity contribution < 1.29 is 9.90 Å². The number of H-pyrrole nitrogens is 1. The normalized spacial score (nSPS) is 18.3. The quantitative estimate of drug-likeness (QED) is 0.434. The molecule has 1 aliphatic heterocycles. The van der Waals surface area contributed by atoms with E-state index in [1.165, 1.54) is 5.56 Å². The van der Waals surface area contributed by atoms with Crippen LogP contribution in [0.4, 0.5) is 5.69 Å². The number of amides is 1. The van der Waals surface area contributed by atoms with Crippen LogP contribution in [0.3, 0.4) is 0 Å². The number of hydrogen-bond donors (Lipinski definition) is 2. The fourth-order valence-electron chi connectivity index (χ4n) is 4.44. The summed E-state index contributed by atoms with van der Waals surface area (Å²) in [6.07, 6.45) is 1.74. The highest BCUT2D eigenvalue weighted by atomic mass is 79.9. The maximum Gasteiger partial charge on any atom is 0.268 e. The summed E-state index contributed by atoms with van der Waals surface area (Å²) in [6, 6.07) is 19.6. The number of rotatable bonds is 3. The summed E-state index contributed by atoms with van der Waals surface area (Å²) < 4.78 is 0.820. The molecule has 0 bridgehead atoms. The molecule has 2 heterocycles. The van der Waals surface area contributed by atoms with Gasteiger partial charge < -0.3 is 15.0 Å². The van der Waals surface area contributed by atoms with Crippen LogP contribution in [0.25, 0.3) is 10.9 Å². The Balaban J connectivity index is 1.68. The van der Waals surface area contributed by atoms with Gasteiger partial charge in [0.05, 0.1) is 12.2 Å². The molecule has 0 radical (unpaired) electrons. The minimum absolute atomic E-state index is 0.333. The zero-order valence-electron chi connectivity index (χ0n) is 16.7. The Kier molecular flexibility index (Phi) is 4.34. The lowest BCUT2D eigenvalue weighted by Gasteiger charge is -2.24. The van der Waals surface area contributed by atoms with Gasteiger partial charge in [-0.1, -0.05) is 57.9 Å². The van der Waals surface area contributed by atoms with E-state index in [1.54, 1.807) is 11.1 Å². The number of benzene rings is 3. The SMILES string of the molecule is Cc1ccc(CN2C(=O)[C@](O)(c3c[nH]c4ccccc34)c3cc(Br)ccc32)c(C)c1. The number of nitrogens with one attached hydrogen (secondary N) is 1. The van der Waals surface area contributed by atoms with Gasteiger partial charge in [-0.15, -0.1) is 0 Å². The van der Waals surface area contributed by atoms with E-state index in [4.69, 9.17) is 0 Å². The predicted octanol–water partition coefficient (Wildman–Crippen LogP) is 5.33. The highest BCUT2D eigenvalue weighted by molar-refractivity contribution is 9.10. The Morgan fingerprint density at radius 1 is 1.03 bits per heavy atom. The average molecular weight is 461 g/mol. The molecule has 0 spiro atoms. The Morgan fingerprint density at radius 2 is 1.83 bits per heavy atom. The standard InChI is InChI=1S/C25H21BrN2O2/c1-15-7-8-17(16(2)11-15)14-28-23-10-9-18(26)12-20(23)25(30,24(28)29)21-13-27-22-6-4-3-5-19(21)22/h3-13,27,30H,14H2,1-2H3/t25-/m1/s1. The predicted molar refractivity (Wildman–Crippen MR) is 123 cm³/mol. The zero-order valence-corrected chi connectivity index (χ0v) is 18.3. The smallest absolute Gasteiger partial charge is 0.268 e. The Bertz CT molecular complexity index is 1310. The van der Waals surface area contributed by atoms with Crippen LogP contribution >= 0.6 is 15.9 Å². The van der Waals surface area contributed by atoms with Crippen LogP contribution in [0, 0.1) is 13.8 Å². The van der Waals surface area contributed by atoms with Crippen LogP contribution < -0.4 is 4.90 Å². The third-order valence-electron chi connectivity index (χ3n) is 6.00. The van der Waals surface area contributed by atoms with Gasteiger partial charge in [0.15, 0.2) is 5.60 Å². The van der Waals surface area contributed by atoms with Gasteiger partial charge in [0, 0.05) is 32.7 Å². The van der Waals surface area contributed by atoms with Crippen molar-refractivity contribution in [2.45, 2.75) is 26.0 Å². The molecular formula is C25H21BrN2O2. The van der Waals surface area contributed by atoms with E-state index in [1.807, 2.05) is 42.5 Å². The van der Waals surface area contributed by atoms with E-state index in [-0.39, 0.29) is 5.91 Å². The van der Waals surface area contributed by atoms with Gasteiger partial charge in [-0.3, -0.25) is 4.79 Å². The lowest BCUT2D eigenvalue weighted by Crippen LogP contribution is -2.40. The van der Waals surface area contributed by atoms with Crippen LogP contribution in [0.15, 0.2) is 71.3 Å². The van der Waals surface area contributed by atoms with Gasteiger partial charge in [-0.25, -0.2) is 0 Å². The number of aromatic nitrogens is 1. The van der Waals surface area contributed by atoms with Crippen LogP contribution in [-0.4, -0.2) is 16.0 Å². The van der Waals surface area contributed by atoms with Gasteiger partial charge in [0.2, 0.25) is 0 Å². The van der Waals surface area contributed by atoms with Crippen LogP contribution in [0.1, 0.15) is 27.8 Å². The number of hydrogen-bond acceptors (Lipinski definition) is 2. The molecule has 4 nitrogen and oxygen atoms in total. The monoisotopic (exact) mass is 460 g/mol. The van der Waals surface area contributed by atoms with Gasteiger partial charge >= 0.3 is 0 Å². The van der Waals surface area contributed by atoms with E-state index in [0.717, 1.165) is 32.2 Å². The van der Waals surface area contributed by atoms with E-state index in [2.05, 4.69) is 53.0 Å². The second-order valence-corrected chi connectivity index (χ2v) is 8.86. The number of halogens is 1. The molecule has 0 aliphatic carbocycles. The lowest BCUT2D eigenvalue weighted by molar-refractivity contribution is -0.132. The van der Waals surface area contributed by atoms with Crippen LogP contribution in [-0.2, 0) is 16.9 Å². The summed E-state index contributed by atoms with van der Waals surface area (Å²) in [5.41, 5.74) is 4.41. The van der Waals surface area contributed by atoms with E-state index >= 15 is 0 Å². The first-order valence-corrected chi connectivity index (χ1v) is 10.7. The summed E-state index contributed by atoms with van der Waals surface area (Å²) in [4.78, 5) is 18.7. The van der Waals surface area contributed by atoms with E-state index in [0.29, 0.717) is 17.7 Å². The number of aryl methyl sites for hydroxylation is 2. The number of para-hydroxylation sites is 1. The minimum Gasteiger partial charge on any atom is -0.372 e. The van der Waals surface area contributed by atoms with Crippen molar-refractivity contribution >= 4 is 38.4 Å². The van der Waals surface area contributed by atoms with Crippen molar-refractivity contribution in [3.63, 3.8) is 0 Å². The first kappa shape index (κ1) is 19.1. The molecule has 1 atom stereocenters. The molecule has 1 aliphatic rings. The van der Waals surface area contributed by atoms with Crippen molar-refractivity contribution in [3.8, 4) is 0 Å². The van der Waals surface area contributed by atoms with Gasteiger partial charge in [0.25, 0.3) is 5.91 Å². The van der Waals surface area contributed by atoms with E-state index in [9.17, 15) is 9.90 Å². The first-order chi connectivity index (χ1) is 14.4. The van der Waals surface area contributed by atoms with Gasteiger partial charge in [-0.2, -0.15) is 0 Å². The number of carbonyl (C=O) groups is 1. The van der Waals surface area contributed by atoms with Crippen molar-refractivity contribution in [1.82, 2.24) is 4.98 Å². The number of aliphatic hydroxyl groups is 1. The fourth-order valence-corrected chi connectivity index (χ4v) is 4.80. The van der Waals surface area contributed by atoms with Crippen molar-refractivity contribution in [1.29, 1.82) is 0 Å². The Morgan fingerprint density at radius 3 is 2.63 bits per heavy atom. The lowest BCUT2D eigenvalue weighted by atomic mass is 9.87. The van der Waals surface area contributed by atoms with Crippen molar-refractivity contribution in [3.05, 3.63) is 99.2 Å². The molecule has 5 rings (SSSR count). The molecule has 30 heavy (non-hydrogen) atoms. The molecule has 0 saturated heterocycles. The molecule has 1 amide bonds. The second kappa shape index (κ2) is 6.83. The molecule has 1 aromatic heterocycles. The highest BCUT2D eigenvalue weighted by Crippen LogP contribution is 2.47. The highest BCUT2D eigenvalue weighted by Gasteiger charge is 2.52. The number of fused-ring (bicyclic) bond motifs is 2. The molecule has 0 unspecified atom stereocenters. The maximum atomic E-state index is 13.8. The molecule has 150 valence electrons. The number of anilines is 1. The number of aromatic amines is 1. The Labute approximate surface area is 183 Å². The summed E-state index contributed by atoms with van der Waals surface area (Å²) in [5.74, 6) is -0.333. The van der Waals surface area contributed by atoms with Crippen molar-refractivity contribution in [2.24, 2.45) is 0 Å². The van der Waals surface area contributed by atoms with Gasteiger partial charge in [0.1, 0.15) is 0 Å². The summed E-state index contributed by atoms with van der Waals surface area (Å²) in [6.45, 7) is 4.52. The topological polar surface area (TPSA) is 56.3 Å². The number of carbonyl (C=O) groups excluding carboxylic acids is 1. The molecule has 4 aromatic rings. The average Bonchev–Trinajstić information content (AvgIpc) is 3.24. The summed E-state index contributed by atoms with van der Waals surface area (Å²) in [5, 5.41) is 12.8. The van der Waals surface area contributed by atoms with Crippen LogP contribution in [0.2, 0.25) is 0 Å². The largest absolute Gasteiger partial charge is 0.372 e. The zero-order chi connectivity index (χ0) is 21.0. The molecular weight excluding hydrogens is 440 g/mol. The molecule has 5 heteroatoms. The molecule has 2 N–H and O–H groups in total. The second-order valence-electron chi connectivity index (χ2n) is 7.94. The minimum atomic E-state index is -1.75. The van der Waals surface area contributed by atoms with Gasteiger partial charge in [-0.05, 0) is 49.2 Å². The van der Waals surface area contributed by atoms with Crippen LogP contribution in [0.5, 0.6) is 0 Å². The molecule has 3 aromatic carbocycles. The first-order valence-electron chi connectivity index (χ1n) is 9.86. The fraction of sp³-hybridized carbons (Fsp3) is 0.160. The summed E-state index contributed by atoms with van der Waals surface area (Å²) in [7, 11) is 0. The molecule has 0 fully saturated rings. The maximum absolute atomic E-state index is 13.8. The molecule has 0 saturated carbocycles. The number of nitrogens with zero attached hydrogens (tertiary/aromatic N) is 1. The Hall–Kier alpha value is -2.89. The van der Waals surface area contributed by atoms with E-state index < -0.39 is 5.60 Å². The summed E-state index contributed by atoms with van der Waals surface area (Å²) >= 11 is 3.51. The third-order valence-corrected chi connectivity index (χ3v) is 6.49.